The van der Waals surface area contributed by atoms with Crippen LogP contribution in [0.4, 0.5) is 4.39 Å². The van der Waals surface area contributed by atoms with Crippen LogP contribution in [0.3, 0.4) is 0 Å². The zero-order chi connectivity index (χ0) is 7.84. The number of alkyl halides is 1. The Morgan fingerprint density at radius 2 is 2.27 bits per heavy atom. The predicted molar refractivity (Wildman–Crippen MR) is 40.1 cm³/mol. The van der Waals surface area contributed by atoms with Gasteiger partial charge in [-0.15, -0.1) is 0 Å². The molecule has 3 atom stereocenters. The molecule has 0 spiro atoms. The summed E-state index contributed by atoms with van der Waals surface area (Å²) in [6, 6.07) is 0.274. The van der Waals surface area contributed by atoms with Crippen LogP contribution in [0.2, 0.25) is 0 Å². The number of rotatable bonds is 2. The molecular weight excluding hydrogens is 145 g/mol. The van der Waals surface area contributed by atoms with Gasteiger partial charge in [-0.25, -0.2) is 4.39 Å². The molecule has 2 bridgehead atoms. The summed E-state index contributed by atoms with van der Waals surface area (Å²) in [7, 11) is 0. The number of halogens is 1. The second kappa shape index (κ2) is 2.72. The lowest BCUT2D eigenvalue weighted by Crippen LogP contribution is -2.41. The van der Waals surface area contributed by atoms with Crippen molar-refractivity contribution in [3.8, 4) is 0 Å². The van der Waals surface area contributed by atoms with E-state index in [2.05, 4.69) is 4.90 Å². The van der Waals surface area contributed by atoms with Gasteiger partial charge in [0.25, 0.3) is 0 Å². The van der Waals surface area contributed by atoms with Crippen molar-refractivity contribution in [2.75, 3.05) is 19.8 Å². The van der Waals surface area contributed by atoms with Crippen molar-refractivity contribution in [2.45, 2.75) is 25.0 Å². The number of likely N-dealkylation sites (tertiary alicyclic amines) is 1. The zero-order valence-corrected chi connectivity index (χ0v) is 6.54. The second-order valence-electron chi connectivity index (χ2n) is 3.66. The van der Waals surface area contributed by atoms with Crippen LogP contribution in [0.25, 0.3) is 0 Å². The van der Waals surface area contributed by atoms with Crippen molar-refractivity contribution in [2.24, 2.45) is 5.92 Å². The van der Waals surface area contributed by atoms with Crippen LogP contribution in [-0.4, -0.2) is 41.9 Å². The molecule has 3 heteroatoms. The van der Waals surface area contributed by atoms with E-state index in [0.717, 1.165) is 19.4 Å². The van der Waals surface area contributed by atoms with Gasteiger partial charge in [-0.1, -0.05) is 0 Å². The van der Waals surface area contributed by atoms with Crippen molar-refractivity contribution in [3.63, 3.8) is 0 Å². The quantitative estimate of drug-likeness (QED) is 0.631. The lowest BCUT2D eigenvalue weighted by atomic mass is 10.1. The summed E-state index contributed by atoms with van der Waals surface area (Å²) in [5, 5.41) is 9.45. The smallest absolute Gasteiger partial charge is 0.102 e. The summed E-state index contributed by atoms with van der Waals surface area (Å²) in [5.41, 5.74) is 0. The molecule has 1 saturated heterocycles. The molecule has 2 aliphatic rings. The largest absolute Gasteiger partial charge is 0.391 e. The first kappa shape index (κ1) is 7.50. The monoisotopic (exact) mass is 159 g/mol. The Hall–Kier alpha value is -0.150. The second-order valence-corrected chi connectivity index (χ2v) is 3.66. The van der Waals surface area contributed by atoms with Crippen LogP contribution in [0.15, 0.2) is 0 Å². The number of hydrogen-bond donors (Lipinski definition) is 1. The first-order chi connectivity index (χ1) is 5.31. The van der Waals surface area contributed by atoms with Crippen LogP contribution in [0.1, 0.15) is 12.8 Å². The fraction of sp³-hybridized carbons (Fsp3) is 1.00. The van der Waals surface area contributed by atoms with Gasteiger partial charge in [0.05, 0.1) is 6.10 Å². The number of piperidine rings is 1. The van der Waals surface area contributed by atoms with E-state index in [1.165, 1.54) is 0 Å². The lowest BCUT2D eigenvalue weighted by Gasteiger charge is -2.29. The number of aliphatic hydroxyl groups is 1. The normalized spacial score (nSPS) is 43.6. The van der Waals surface area contributed by atoms with Crippen LogP contribution >= 0.6 is 0 Å². The topological polar surface area (TPSA) is 23.5 Å². The van der Waals surface area contributed by atoms with E-state index in [1.54, 1.807) is 0 Å². The van der Waals surface area contributed by atoms with Crippen LogP contribution < -0.4 is 0 Å². The first-order valence-electron chi connectivity index (χ1n) is 4.29. The molecule has 1 aliphatic carbocycles. The summed E-state index contributed by atoms with van der Waals surface area (Å²) in [6.07, 6.45) is 1.84. The fourth-order valence-corrected chi connectivity index (χ4v) is 2.47. The first-order valence-corrected chi connectivity index (χ1v) is 4.29. The van der Waals surface area contributed by atoms with Gasteiger partial charge in [-0.05, 0) is 18.8 Å². The number of fused-ring (bicyclic) bond motifs is 2. The number of nitrogens with zero attached hydrogens (tertiary/aromatic N) is 1. The van der Waals surface area contributed by atoms with Crippen molar-refractivity contribution in [1.82, 2.24) is 4.90 Å². The molecule has 1 saturated carbocycles. The van der Waals surface area contributed by atoms with E-state index in [0.29, 0.717) is 12.5 Å². The van der Waals surface area contributed by atoms with Gasteiger partial charge < -0.3 is 5.11 Å². The molecule has 0 aromatic heterocycles. The molecule has 11 heavy (non-hydrogen) atoms. The molecule has 0 amide bonds. The zero-order valence-electron chi connectivity index (χ0n) is 6.54. The SMILES string of the molecule is O[C@@H]1C[C@@H]2C[C@H]1N(CCF)C2. The maximum atomic E-state index is 12.0. The van der Waals surface area contributed by atoms with Gasteiger partial charge in [0.2, 0.25) is 0 Å². The van der Waals surface area contributed by atoms with Gasteiger partial charge >= 0.3 is 0 Å². The minimum Gasteiger partial charge on any atom is -0.391 e. The number of hydrogen-bond acceptors (Lipinski definition) is 2. The van der Waals surface area contributed by atoms with E-state index in [9.17, 15) is 9.50 Å². The highest BCUT2D eigenvalue weighted by Crippen LogP contribution is 2.37. The van der Waals surface area contributed by atoms with Gasteiger partial charge in [0.15, 0.2) is 0 Å². The highest BCUT2D eigenvalue weighted by molar-refractivity contribution is 4.97. The molecule has 0 unspecified atom stereocenters. The van der Waals surface area contributed by atoms with Gasteiger partial charge in [-0.2, -0.15) is 0 Å². The summed E-state index contributed by atoms with van der Waals surface area (Å²) in [6.45, 7) is 1.24. The van der Waals surface area contributed by atoms with E-state index in [-0.39, 0.29) is 18.8 Å². The Morgan fingerprint density at radius 1 is 1.45 bits per heavy atom. The highest BCUT2D eigenvalue weighted by atomic mass is 19.1. The molecule has 0 aromatic rings. The van der Waals surface area contributed by atoms with Crippen molar-refractivity contribution >= 4 is 0 Å². The van der Waals surface area contributed by atoms with Crippen LogP contribution in [-0.2, 0) is 0 Å². The molecule has 2 nitrogen and oxygen atoms in total. The minimum atomic E-state index is -0.282. The minimum absolute atomic E-state index is 0.180. The third-order valence-electron chi connectivity index (χ3n) is 2.93. The number of aliphatic hydroxyl groups excluding tert-OH is 1. The molecule has 0 radical (unpaired) electrons. The molecular formula is C8H14FNO. The molecule has 2 rings (SSSR count). The van der Waals surface area contributed by atoms with Crippen molar-refractivity contribution < 1.29 is 9.50 Å². The van der Waals surface area contributed by atoms with E-state index in [4.69, 9.17) is 0 Å². The summed E-state index contributed by atoms with van der Waals surface area (Å²) >= 11 is 0. The van der Waals surface area contributed by atoms with Crippen molar-refractivity contribution in [3.05, 3.63) is 0 Å². The molecule has 1 N–H and O–H groups in total. The standard InChI is InChI=1S/C8H14FNO/c9-1-2-10-5-6-3-7(10)8(11)4-6/h6-8,11H,1-5H2/t6-,7+,8+/m0/s1. The lowest BCUT2D eigenvalue weighted by molar-refractivity contribution is 0.0540. The average Bonchev–Trinajstić information content (AvgIpc) is 2.46. The van der Waals surface area contributed by atoms with Crippen molar-refractivity contribution in [1.29, 1.82) is 0 Å². The van der Waals surface area contributed by atoms with E-state index in [1.807, 2.05) is 0 Å². The maximum absolute atomic E-state index is 12.0. The summed E-state index contributed by atoms with van der Waals surface area (Å²) < 4.78 is 12.0. The Kier molecular flexibility index (Phi) is 1.85. The van der Waals surface area contributed by atoms with E-state index >= 15 is 0 Å². The molecule has 0 aromatic carbocycles. The third kappa shape index (κ3) is 1.16. The Morgan fingerprint density at radius 3 is 2.82 bits per heavy atom. The molecule has 1 heterocycles. The van der Waals surface area contributed by atoms with Crippen LogP contribution in [0.5, 0.6) is 0 Å². The Balaban J connectivity index is 1.96. The fourth-order valence-electron chi connectivity index (χ4n) is 2.47. The molecule has 1 aliphatic heterocycles. The third-order valence-corrected chi connectivity index (χ3v) is 2.93. The molecule has 64 valence electrons. The molecule has 2 fully saturated rings. The van der Waals surface area contributed by atoms with Gasteiger partial charge in [0, 0.05) is 19.1 Å². The summed E-state index contributed by atoms with van der Waals surface area (Å²) in [4.78, 5) is 2.08. The predicted octanol–water partition coefficient (Wildman–Crippen LogP) is 0.411. The summed E-state index contributed by atoms with van der Waals surface area (Å²) in [5.74, 6) is 0.640. The van der Waals surface area contributed by atoms with Gasteiger partial charge in [0.1, 0.15) is 6.67 Å². The van der Waals surface area contributed by atoms with Gasteiger partial charge in [-0.3, -0.25) is 4.90 Å². The Bertz CT molecular complexity index is 153. The maximum Gasteiger partial charge on any atom is 0.102 e. The van der Waals surface area contributed by atoms with E-state index < -0.39 is 0 Å². The Labute approximate surface area is 66.0 Å². The van der Waals surface area contributed by atoms with Crippen LogP contribution in [0, 0.1) is 5.92 Å². The average molecular weight is 159 g/mol. The highest BCUT2D eigenvalue weighted by Gasteiger charge is 2.43.